The minimum absolute atomic E-state index is 0.0400. The van der Waals surface area contributed by atoms with E-state index in [-0.39, 0.29) is 11.6 Å². The van der Waals surface area contributed by atoms with E-state index < -0.39 is 27.3 Å². The van der Waals surface area contributed by atoms with Gasteiger partial charge >= 0.3 is 0 Å². The smallest absolute Gasteiger partial charge is 0.243 e. The Kier molecular flexibility index (Phi) is 5.40. The summed E-state index contributed by atoms with van der Waals surface area (Å²) < 4.78 is 42.0. The van der Waals surface area contributed by atoms with Crippen LogP contribution in [0.15, 0.2) is 21.5 Å². The normalized spacial score (nSPS) is 23.2. The third-order valence-electron chi connectivity index (χ3n) is 3.80. The highest BCUT2D eigenvalue weighted by molar-refractivity contribution is 9.10. The largest absolute Gasteiger partial charge is 0.392 e. The first-order valence-corrected chi connectivity index (χ1v) is 9.22. The third kappa shape index (κ3) is 4.03. The average molecular weight is 380 g/mol. The fraction of sp³-hybridized carbons (Fsp3) is 0.571. The first kappa shape index (κ1) is 16.9. The van der Waals surface area contributed by atoms with Gasteiger partial charge in [-0.05, 0) is 30.9 Å². The molecule has 0 amide bonds. The van der Waals surface area contributed by atoms with Crippen molar-refractivity contribution in [2.24, 2.45) is 5.92 Å². The van der Waals surface area contributed by atoms with E-state index in [1.165, 1.54) is 12.1 Å². The Labute approximate surface area is 132 Å². The van der Waals surface area contributed by atoms with Gasteiger partial charge < -0.3 is 5.11 Å². The van der Waals surface area contributed by atoms with E-state index >= 15 is 0 Å². The molecule has 1 aliphatic carbocycles. The molecule has 4 nitrogen and oxygen atoms in total. The SMILES string of the molecule is CC1CCCC(NS(=O)(=O)c2cc(Br)cc(CO)c2F)C1. The van der Waals surface area contributed by atoms with Crippen molar-refractivity contribution in [2.75, 3.05) is 0 Å². The molecule has 1 aromatic carbocycles. The Morgan fingerprint density at radius 3 is 2.76 bits per heavy atom. The van der Waals surface area contributed by atoms with Crippen LogP contribution in [0, 0.1) is 11.7 Å². The van der Waals surface area contributed by atoms with Crippen molar-refractivity contribution < 1.29 is 17.9 Å². The molecule has 2 rings (SSSR count). The monoisotopic (exact) mass is 379 g/mol. The second-order valence-corrected chi connectivity index (χ2v) is 8.22. The fourth-order valence-corrected chi connectivity index (χ4v) is 4.84. The molecule has 0 heterocycles. The van der Waals surface area contributed by atoms with Crippen molar-refractivity contribution in [3.63, 3.8) is 0 Å². The zero-order chi connectivity index (χ0) is 15.6. The van der Waals surface area contributed by atoms with Crippen LogP contribution >= 0.6 is 15.9 Å². The highest BCUT2D eigenvalue weighted by Crippen LogP contribution is 2.27. The van der Waals surface area contributed by atoms with Crippen LogP contribution in [0.4, 0.5) is 4.39 Å². The molecule has 0 saturated heterocycles. The van der Waals surface area contributed by atoms with Crippen LogP contribution in [0.5, 0.6) is 0 Å². The maximum absolute atomic E-state index is 14.2. The molecule has 2 atom stereocenters. The topological polar surface area (TPSA) is 66.4 Å². The lowest BCUT2D eigenvalue weighted by Crippen LogP contribution is -2.38. The highest BCUT2D eigenvalue weighted by atomic mass is 79.9. The number of benzene rings is 1. The summed E-state index contributed by atoms with van der Waals surface area (Å²) >= 11 is 3.15. The van der Waals surface area contributed by atoms with Crippen LogP contribution in [0.1, 0.15) is 38.2 Å². The van der Waals surface area contributed by atoms with Crippen LogP contribution in [-0.2, 0) is 16.6 Å². The van der Waals surface area contributed by atoms with Gasteiger partial charge in [-0.25, -0.2) is 17.5 Å². The number of aliphatic hydroxyl groups excluding tert-OH is 1. The van der Waals surface area contributed by atoms with Gasteiger partial charge in [-0.3, -0.25) is 0 Å². The summed E-state index contributed by atoms with van der Waals surface area (Å²) in [5, 5.41) is 9.11. The van der Waals surface area contributed by atoms with E-state index in [2.05, 4.69) is 27.6 Å². The second kappa shape index (κ2) is 6.73. The quantitative estimate of drug-likeness (QED) is 0.844. The van der Waals surface area contributed by atoms with E-state index in [1.807, 2.05) is 0 Å². The maximum atomic E-state index is 14.2. The van der Waals surface area contributed by atoms with E-state index in [0.717, 1.165) is 25.7 Å². The number of nitrogens with one attached hydrogen (secondary N) is 1. The molecule has 1 fully saturated rings. The zero-order valence-electron chi connectivity index (χ0n) is 11.8. The van der Waals surface area contributed by atoms with E-state index in [9.17, 15) is 12.8 Å². The summed E-state index contributed by atoms with van der Waals surface area (Å²) in [7, 11) is -3.94. The van der Waals surface area contributed by atoms with Crippen LogP contribution in [0.3, 0.4) is 0 Å². The van der Waals surface area contributed by atoms with Crippen LogP contribution in [-0.4, -0.2) is 19.6 Å². The number of rotatable bonds is 4. The van der Waals surface area contributed by atoms with Crippen LogP contribution < -0.4 is 4.72 Å². The predicted molar refractivity (Wildman–Crippen MR) is 81.8 cm³/mol. The third-order valence-corrected chi connectivity index (χ3v) is 5.77. The Bertz CT molecular complexity index is 621. The molecule has 0 aromatic heterocycles. The molecule has 2 N–H and O–H groups in total. The van der Waals surface area contributed by atoms with E-state index in [0.29, 0.717) is 10.4 Å². The number of hydrogen-bond donors (Lipinski definition) is 2. The van der Waals surface area contributed by atoms with Gasteiger partial charge in [-0.1, -0.05) is 35.7 Å². The highest BCUT2D eigenvalue weighted by Gasteiger charge is 2.27. The minimum Gasteiger partial charge on any atom is -0.392 e. The second-order valence-electron chi connectivity index (χ2n) is 5.63. The van der Waals surface area contributed by atoms with Gasteiger partial charge in [0.15, 0.2) is 0 Å². The number of halogens is 2. The zero-order valence-corrected chi connectivity index (χ0v) is 14.2. The summed E-state index contributed by atoms with van der Waals surface area (Å²) in [4.78, 5) is -0.417. The molecule has 0 aliphatic heterocycles. The Morgan fingerprint density at radius 1 is 1.43 bits per heavy atom. The number of sulfonamides is 1. The van der Waals surface area contributed by atoms with Crippen molar-refractivity contribution in [2.45, 2.75) is 50.2 Å². The van der Waals surface area contributed by atoms with E-state index in [1.54, 1.807) is 0 Å². The molecule has 21 heavy (non-hydrogen) atoms. The molecular weight excluding hydrogens is 361 g/mol. The van der Waals surface area contributed by atoms with Gasteiger partial charge in [-0.2, -0.15) is 0 Å². The summed E-state index contributed by atoms with van der Waals surface area (Å²) in [6.45, 7) is 1.54. The van der Waals surface area contributed by atoms with Gasteiger partial charge in [0.25, 0.3) is 0 Å². The predicted octanol–water partition coefficient (Wildman–Crippen LogP) is 2.94. The summed E-state index contributed by atoms with van der Waals surface area (Å²) in [6, 6.07) is 2.44. The molecule has 118 valence electrons. The molecule has 0 radical (unpaired) electrons. The van der Waals surface area contributed by atoms with Crippen molar-refractivity contribution in [3.05, 3.63) is 28.0 Å². The van der Waals surface area contributed by atoms with Crippen molar-refractivity contribution in [1.82, 2.24) is 4.72 Å². The number of hydrogen-bond acceptors (Lipinski definition) is 3. The Balaban J connectivity index is 2.29. The molecule has 1 saturated carbocycles. The summed E-state index contributed by atoms with van der Waals surface area (Å²) in [6.07, 6.45) is 3.60. The molecule has 0 spiro atoms. The van der Waals surface area contributed by atoms with Crippen LogP contribution in [0.2, 0.25) is 0 Å². The summed E-state index contributed by atoms with van der Waals surface area (Å²) in [5.74, 6) is -0.427. The van der Waals surface area contributed by atoms with Gasteiger partial charge in [0.1, 0.15) is 10.7 Å². The maximum Gasteiger partial charge on any atom is 0.243 e. The molecule has 1 aliphatic rings. The van der Waals surface area contributed by atoms with Crippen molar-refractivity contribution in [3.8, 4) is 0 Å². The van der Waals surface area contributed by atoms with Gasteiger partial charge in [0.2, 0.25) is 10.0 Å². The van der Waals surface area contributed by atoms with Crippen LogP contribution in [0.25, 0.3) is 0 Å². The average Bonchev–Trinajstić information content (AvgIpc) is 2.40. The summed E-state index contributed by atoms with van der Waals surface area (Å²) in [5.41, 5.74) is -0.0400. The van der Waals surface area contributed by atoms with Gasteiger partial charge in [-0.15, -0.1) is 0 Å². The Hall–Kier alpha value is -0.500. The van der Waals surface area contributed by atoms with E-state index in [4.69, 9.17) is 5.11 Å². The lowest BCUT2D eigenvalue weighted by molar-refractivity contribution is 0.274. The molecule has 2 unspecified atom stereocenters. The van der Waals surface area contributed by atoms with Crippen molar-refractivity contribution >= 4 is 26.0 Å². The van der Waals surface area contributed by atoms with Crippen molar-refractivity contribution in [1.29, 1.82) is 0 Å². The lowest BCUT2D eigenvalue weighted by Gasteiger charge is -2.27. The van der Waals surface area contributed by atoms with Gasteiger partial charge in [0.05, 0.1) is 6.61 Å². The molecule has 0 bridgehead atoms. The first-order chi connectivity index (χ1) is 9.83. The minimum atomic E-state index is -3.94. The number of aliphatic hydroxyl groups is 1. The Morgan fingerprint density at radius 2 is 2.14 bits per heavy atom. The molecule has 1 aromatic rings. The molecular formula is C14H19BrFNO3S. The van der Waals surface area contributed by atoms with Gasteiger partial charge in [0, 0.05) is 16.1 Å². The standard InChI is InChI=1S/C14H19BrFNO3S/c1-9-3-2-4-12(5-9)17-21(19,20)13-7-11(15)6-10(8-18)14(13)16/h6-7,9,12,17-18H,2-5,8H2,1H3. The fourth-order valence-electron chi connectivity index (χ4n) is 2.75. The lowest BCUT2D eigenvalue weighted by atomic mass is 9.88. The first-order valence-electron chi connectivity index (χ1n) is 6.94. The molecule has 7 heteroatoms.